The fourth-order valence-electron chi connectivity index (χ4n) is 0.201. The number of hydrogen-bond acceptors (Lipinski definition) is 2. The van der Waals surface area contributed by atoms with Gasteiger partial charge in [-0.1, -0.05) is 6.92 Å². The molecule has 0 N–H and O–H groups in total. The summed E-state index contributed by atoms with van der Waals surface area (Å²) in [5, 5.41) is 0. The summed E-state index contributed by atoms with van der Waals surface area (Å²) in [6.07, 6.45) is 2.45. The third-order valence-corrected chi connectivity index (χ3v) is 0.952. The molecule has 0 aliphatic carbocycles. The summed E-state index contributed by atoms with van der Waals surface area (Å²) in [7, 11) is 0. The molecule has 0 amide bonds. The van der Waals surface area contributed by atoms with Crippen molar-refractivity contribution in [1.82, 2.24) is 0 Å². The van der Waals surface area contributed by atoms with Crippen molar-refractivity contribution in [3.8, 4) is 0 Å². The van der Waals surface area contributed by atoms with E-state index in [2.05, 4.69) is 4.18 Å². The lowest BCUT2D eigenvalue weighted by molar-refractivity contribution is 0.350. The van der Waals surface area contributed by atoms with Gasteiger partial charge in [-0.3, -0.25) is 4.18 Å². The monoisotopic (exact) mass is 122 g/mol. The van der Waals surface area contributed by atoms with E-state index in [9.17, 15) is 4.21 Å². The number of rotatable bonds is 3. The Morgan fingerprint density at radius 3 is 2.43 bits per heavy atom. The second kappa shape index (κ2) is 4.27. The van der Waals surface area contributed by atoms with E-state index in [1.165, 1.54) is 6.26 Å². The molecular weight excluding hydrogens is 112 g/mol. The molecule has 1 atom stereocenters. The van der Waals surface area contributed by atoms with Crippen molar-refractivity contribution in [2.75, 3.05) is 12.9 Å². The lowest BCUT2D eigenvalue weighted by Gasteiger charge is -1.91. The number of hydrogen-bond donors (Lipinski definition) is 0. The topological polar surface area (TPSA) is 26.3 Å². The molecule has 0 unspecified atom stereocenters. The van der Waals surface area contributed by atoms with Crippen LogP contribution in [0.15, 0.2) is 0 Å². The molecule has 0 aromatic carbocycles. The Bertz CT molecular complexity index is 62.7. The van der Waals surface area contributed by atoms with Crippen LogP contribution in [0.2, 0.25) is 0 Å². The van der Waals surface area contributed by atoms with Crippen molar-refractivity contribution in [3.05, 3.63) is 0 Å². The molecule has 0 rings (SSSR count). The molecule has 0 radical (unpaired) electrons. The van der Waals surface area contributed by atoms with Crippen LogP contribution >= 0.6 is 0 Å². The van der Waals surface area contributed by atoms with Crippen LogP contribution in [0, 0.1) is 0 Å². The van der Waals surface area contributed by atoms with Gasteiger partial charge in [0.2, 0.25) is 0 Å². The molecule has 0 fully saturated rings. The van der Waals surface area contributed by atoms with Crippen molar-refractivity contribution in [3.63, 3.8) is 0 Å². The van der Waals surface area contributed by atoms with Crippen molar-refractivity contribution in [2.24, 2.45) is 0 Å². The van der Waals surface area contributed by atoms with Crippen molar-refractivity contribution < 1.29 is 8.39 Å². The quantitative estimate of drug-likeness (QED) is 0.551. The predicted octanol–water partition coefficient (Wildman–Crippen LogP) is 0.707. The molecule has 7 heavy (non-hydrogen) atoms. The van der Waals surface area contributed by atoms with E-state index in [-0.39, 0.29) is 0 Å². The van der Waals surface area contributed by atoms with Gasteiger partial charge in [0.05, 0.1) is 6.61 Å². The zero-order valence-corrected chi connectivity index (χ0v) is 5.46. The first-order valence-corrected chi connectivity index (χ1v) is 3.72. The summed E-state index contributed by atoms with van der Waals surface area (Å²) in [5.41, 5.74) is 0. The molecule has 0 aromatic heterocycles. The molecule has 3 heteroatoms. The maximum atomic E-state index is 10.1. The van der Waals surface area contributed by atoms with E-state index in [0.29, 0.717) is 6.61 Å². The largest absolute Gasteiger partial charge is 0.291 e. The first kappa shape index (κ1) is 7.11. The molecule has 0 bridgehead atoms. The Kier molecular flexibility index (Phi) is 4.34. The molecular formula is C4H10O2S. The zero-order valence-electron chi connectivity index (χ0n) is 4.64. The minimum Gasteiger partial charge on any atom is -0.291 e. The molecule has 0 heterocycles. The molecule has 0 saturated heterocycles. The van der Waals surface area contributed by atoms with Crippen LogP contribution in [0.1, 0.15) is 13.3 Å². The Hall–Kier alpha value is 0.110. The fourth-order valence-corrected chi connectivity index (χ4v) is 0.602. The maximum absolute atomic E-state index is 10.1. The highest BCUT2D eigenvalue weighted by Gasteiger charge is 1.83. The molecule has 0 spiro atoms. The summed E-state index contributed by atoms with van der Waals surface area (Å²) >= 11 is -1.07. The van der Waals surface area contributed by atoms with E-state index >= 15 is 0 Å². The highest BCUT2D eigenvalue weighted by atomic mass is 32.2. The first-order chi connectivity index (χ1) is 3.27. The third kappa shape index (κ3) is 6.11. The standard InChI is InChI=1S/C4H10O2S/c1-3-4-6-7(2)5/h3-4H2,1-2H3/t7-/m1/s1. The lowest BCUT2D eigenvalue weighted by Crippen LogP contribution is -1.93. The van der Waals surface area contributed by atoms with Gasteiger partial charge in [-0.25, -0.2) is 4.21 Å². The Morgan fingerprint density at radius 2 is 2.29 bits per heavy atom. The van der Waals surface area contributed by atoms with Gasteiger partial charge in [0, 0.05) is 6.26 Å². The van der Waals surface area contributed by atoms with Crippen LogP contribution in [-0.2, 0) is 15.3 Å². The minimum absolute atomic E-state index is 0.600. The smallest absolute Gasteiger partial charge is 0.152 e. The zero-order chi connectivity index (χ0) is 5.70. The van der Waals surface area contributed by atoms with Crippen LogP contribution in [0.25, 0.3) is 0 Å². The highest BCUT2D eigenvalue weighted by molar-refractivity contribution is 7.79. The van der Waals surface area contributed by atoms with E-state index in [1.807, 2.05) is 6.92 Å². The lowest BCUT2D eigenvalue weighted by atomic mass is 10.5. The molecule has 2 nitrogen and oxygen atoms in total. The summed E-state index contributed by atoms with van der Waals surface area (Å²) in [6.45, 7) is 2.58. The van der Waals surface area contributed by atoms with Crippen LogP contribution < -0.4 is 0 Å². The van der Waals surface area contributed by atoms with Gasteiger partial charge in [-0.2, -0.15) is 0 Å². The first-order valence-electron chi connectivity index (χ1n) is 2.24. The van der Waals surface area contributed by atoms with Crippen molar-refractivity contribution in [2.45, 2.75) is 13.3 Å². The van der Waals surface area contributed by atoms with Crippen LogP contribution in [0.3, 0.4) is 0 Å². The third-order valence-electron chi connectivity index (χ3n) is 0.453. The van der Waals surface area contributed by atoms with Crippen molar-refractivity contribution >= 4 is 11.1 Å². The SMILES string of the molecule is CCCO[S@](C)=O. The Balaban J connectivity index is 2.82. The van der Waals surface area contributed by atoms with Gasteiger partial charge in [-0.15, -0.1) is 0 Å². The summed E-state index contributed by atoms with van der Waals surface area (Å²) in [6, 6.07) is 0. The fraction of sp³-hybridized carbons (Fsp3) is 1.00. The van der Waals surface area contributed by atoms with E-state index in [0.717, 1.165) is 6.42 Å². The summed E-state index contributed by atoms with van der Waals surface area (Å²) in [4.78, 5) is 0. The van der Waals surface area contributed by atoms with E-state index in [4.69, 9.17) is 0 Å². The van der Waals surface area contributed by atoms with Crippen LogP contribution in [-0.4, -0.2) is 17.1 Å². The van der Waals surface area contributed by atoms with Crippen LogP contribution in [0.5, 0.6) is 0 Å². The second-order valence-electron chi connectivity index (χ2n) is 1.22. The summed E-state index contributed by atoms with van der Waals surface area (Å²) < 4.78 is 14.8. The summed E-state index contributed by atoms with van der Waals surface area (Å²) in [5.74, 6) is 0. The molecule has 0 aliphatic rings. The average Bonchev–Trinajstić information content (AvgIpc) is 1.61. The highest BCUT2D eigenvalue weighted by Crippen LogP contribution is 1.81. The minimum atomic E-state index is -1.07. The van der Waals surface area contributed by atoms with E-state index < -0.39 is 11.1 Å². The molecule has 0 saturated carbocycles. The predicted molar refractivity (Wildman–Crippen MR) is 30.3 cm³/mol. The average molecular weight is 122 g/mol. The van der Waals surface area contributed by atoms with Gasteiger partial charge >= 0.3 is 0 Å². The normalized spacial score (nSPS) is 14.0. The van der Waals surface area contributed by atoms with Gasteiger partial charge < -0.3 is 0 Å². The maximum Gasteiger partial charge on any atom is 0.152 e. The van der Waals surface area contributed by atoms with Crippen LogP contribution in [0.4, 0.5) is 0 Å². The molecule has 0 aliphatic heterocycles. The van der Waals surface area contributed by atoms with Crippen molar-refractivity contribution in [1.29, 1.82) is 0 Å². The van der Waals surface area contributed by atoms with E-state index in [1.54, 1.807) is 0 Å². The van der Waals surface area contributed by atoms with Gasteiger partial charge in [-0.05, 0) is 6.42 Å². The molecule has 0 aromatic rings. The van der Waals surface area contributed by atoms with Gasteiger partial charge in [0.15, 0.2) is 11.1 Å². The Morgan fingerprint density at radius 1 is 1.71 bits per heavy atom. The molecule has 44 valence electrons. The van der Waals surface area contributed by atoms with Gasteiger partial charge in [0.1, 0.15) is 0 Å². The Labute approximate surface area is 46.5 Å². The second-order valence-corrected chi connectivity index (χ2v) is 2.26. The van der Waals surface area contributed by atoms with Gasteiger partial charge in [0.25, 0.3) is 0 Å².